The molecule has 3 aliphatic rings. The second-order valence-electron chi connectivity index (χ2n) is 6.39. The van der Waals surface area contributed by atoms with Crippen molar-refractivity contribution >= 4 is 17.5 Å². The van der Waals surface area contributed by atoms with Crippen molar-refractivity contribution in [1.82, 2.24) is 5.32 Å². The molecule has 3 heterocycles. The summed E-state index contributed by atoms with van der Waals surface area (Å²) in [7, 11) is 0. The topological polar surface area (TPSA) is 38.3 Å². The van der Waals surface area contributed by atoms with Crippen LogP contribution in [0, 0.1) is 11.3 Å². The van der Waals surface area contributed by atoms with E-state index in [1.54, 1.807) is 11.8 Å². The largest absolute Gasteiger partial charge is 0.402 e. The highest BCUT2D eigenvalue weighted by Crippen LogP contribution is 2.49. The SMILES string of the molecule is O=C(C1CCOC2(CCSC2)C1)C1(C(F)(F)F)CCNC1. The fourth-order valence-electron chi connectivity index (χ4n) is 3.79. The molecule has 0 amide bonds. The van der Waals surface area contributed by atoms with Crippen molar-refractivity contribution in [1.29, 1.82) is 0 Å². The molecule has 3 nitrogen and oxygen atoms in total. The molecule has 21 heavy (non-hydrogen) atoms. The first kappa shape index (κ1) is 15.6. The van der Waals surface area contributed by atoms with Gasteiger partial charge >= 0.3 is 6.18 Å². The number of carbonyl (C=O) groups is 1. The number of rotatable bonds is 2. The first-order chi connectivity index (χ1) is 9.89. The highest BCUT2D eigenvalue weighted by molar-refractivity contribution is 7.99. The molecule has 3 rings (SSSR count). The Bertz CT molecular complexity index is 415. The minimum absolute atomic E-state index is 0.131. The average molecular weight is 323 g/mol. The molecule has 3 unspecified atom stereocenters. The number of ether oxygens (including phenoxy) is 1. The molecule has 0 bridgehead atoms. The van der Waals surface area contributed by atoms with Crippen LogP contribution in [0.4, 0.5) is 13.2 Å². The van der Waals surface area contributed by atoms with Crippen molar-refractivity contribution in [3.8, 4) is 0 Å². The van der Waals surface area contributed by atoms with Gasteiger partial charge in [0.05, 0.1) is 5.60 Å². The number of halogens is 3. The van der Waals surface area contributed by atoms with Crippen LogP contribution in [0.1, 0.15) is 25.7 Å². The maximum atomic E-state index is 13.5. The molecule has 3 saturated heterocycles. The normalized spacial score (nSPS) is 40.8. The van der Waals surface area contributed by atoms with Crippen LogP contribution < -0.4 is 5.32 Å². The van der Waals surface area contributed by atoms with Gasteiger partial charge in [0.1, 0.15) is 5.41 Å². The Hall–Kier alpha value is -0.270. The van der Waals surface area contributed by atoms with E-state index in [4.69, 9.17) is 4.74 Å². The molecule has 1 spiro atoms. The standard InChI is InChI=1S/C14H20F3NO2S/c15-14(16,17)13(2-4-18-8-13)11(19)10-1-5-20-12(7-10)3-6-21-9-12/h10,18H,1-9H2. The average Bonchev–Trinajstić information content (AvgIpc) is 3.07. The van der Waals surface area contributed by atoms with E-state index in [-0.39, 0.29) is 25.1 Å². The zero-order valence-electron chi connectivity index (χ0n) is 11.8. The fourth-order valence-corrected chi connectivity index (χ4v) is 5.17. The summed E-state index contributed by atoms with van der Waals surface area (Å²) in [6.07, 6.45) is -2.88. The maximum Gasteiger partial charge on any atom is 0.402 e. The third-order valence-corrected chi connectivity index (χ3v) is 6.32. The summed E-state index contributed by atoms with van der Waals surface area (Å²) in [4.78, 5) is 12.7. The Labute approximate surface area is 126 Å². The van der Waals surface area contributed by atoms with Gasteiger partial charge in [-0.3, -0.25) is 4.79 Å². The Morgan fingerprint density at radius 3 is 2.71 bits per heavy atom. The van der Waals surface area contributed by atoms with Gasteiger partial charge in [0.25, 0.3) is 0 Å². The summed E-state index contributed by atoms with van der Waals surface area (Å²) in [5.74, 6) is 0.638. The maximum absolute atomic E-state index is 13.5. The number of thioether (sulfide) groups is 1. The van der Waals surface area contributed by atoms with Crippen LogP contribution in [-0.2, 0) is 9.53 Å². The van der Waals surface area contributed by atoms with Crippen molar-refractivity contribution in [3.05, 3.63) is 0 Å². The van der Waals surface area contributed by atoms with E-state index in [1.165, 1.54) is 0 Å². The van der Waals surface area contributed by atoms with Gasteiger partial charge in [-0.2, -0.15) is 24.9 Å². The monoisotopic (exact) mass is 323 g/mol. The summed E-state index contributed by atoms with van der Waals surface area (Å²) in [5, 5.41) is 2.72. The predicted octanol–water partition coefficient (Wildman–Crippen LogP) is 2.40. The zero-order valence-corrected chi connectivity index (χ0v) is 12.6. The number of carbonyl (C=O) groups excluding carboxylic acids is 1. The Morgan fingerprint density at radius 2 is 2.14 bits per heavy atom. The van der Waals surface area contributed by atoms with Gasteiger partial charge in [0, 0.05) is 24.8 Å². The fraction of sp³-hybridized carbons (Fsp3) is 0.929. The summed E-state index contributed by atoms with van der Waals surface area (Å²) in [6.45, 7) is 0.391. The van der Waals surface area contributed by atoms with E-state index < -0.39 is 23.3 Å². The van der Waals surface area contributed by atoms with Crippen molar-refractivity contribution in [3.63, 3.8) is 0 Å². The molecule has 3 aliphatic heterocycles. The van der Waals surface area contributed by atoms with E-state index in [0.29, 0.717) is 19.4 Å². The molecule has 120 valence electrons. The minimum Gasteiger partial charge on any atom is -0.374 e. The van der Waals surface area contributed by atoms with Crippen LogP contribution in [-0.4, -0.2) is 48.8 Å². The molecule has 0 saturated carbocycles. The Kier molecular flexibility index (Phi) is 4.03. The van der Waals surface area contributed by atoms with Crippen molar-refractivity contribution in [2.45, 2.75) is 37.5 Å². The van der Waals surface area contributed by atoms with E-state index in [9.17, 15) is 18.0 Å². The van der Waals surface area contributed by atoms with Crippen molar-refractivity contribution in [2.75, 3.05) is 31.2 Å². The second kappa shape index (κ2) is 5.42. The second-order valence-corrected chi connectivity index (χ2v) is 7.50. The summed E-state index contributed by atoms with van der Waals surface area (Å²) in [6, 6.07) is 0. The predicted molar refractivity (Wildman–Crippen MR) is 74.3 cm³/mol. The lowest BCUT2D eigenvalue weighted by Gasteiger charge is -2.40. The van der Waals surface area contributed by atoms with Crippen LogP contribution >= 0.6 is 11.8 Å². The van der Waals surface area contributed by atoms with Gasteiger partial charge in [-0.1, -0.05) is 0 Å². The molecule has 0 aromatic carbocycles. The van der Waals surface area contributed by atoms with Gasteiger partial charge in [-0.25, -0.2) is 0 Å². The summed E-state index contributed by atoms with van der Waals surface area (Å²) in [5.41, 5.74) is -2.54. The molecule has 0 radical (unpaired) electrons. The van der Waals surface area contributed by atoms with Crippen LogP contribution in [0.3, 0.4) is 0 Å². The Morgan fingerprint density at radius 1 is 1.33 bits per heavy atom. The number of nitrogens with one attached hydrogen (secondary N) is 1. The van der Waals surface area contributed by atoms with Crippen molar-refractivity contribution < 1.29 is 22.7 Å². The third kappa shape index (κ3) is 2.61. The lowest BCUT2D eigenvalue weighted by molar-refractivity contribution is -0.219. The van der Waals surface area contributed by atoms with E-state index in [0.717, 1.165) is 17.9 Å². The zero-order chi connectivity index (χ0) is 15.1. The van der Waals surface area contributed by atoms with Gasteiger partial charge in [0.15, 0.2) is 5.78 Å². The van der Waals surface area contributed by atoms with Gasteiger partial charge in [0.2, 0.25) is 0 Å². The number of hydrogen-bond donors (Lipinski definition) is 1. The molecule has 0 aromatic rings. The molecular formula is C14H20F3NO2S. The van der Waals surface area contributed by atoms with Crippen LogP contribution in [0.2, 0.25) is 0 Å². The van der Waals surface area contributed by atoms with Crippen LogP contribution in [0.25, 0.3) is 0 Å². The third-order valence-electron chi connectivity index (χ3n) is 5.10. The van der Waals surface area contributed by atoms with E-state index in [1.807, 2.05) is 0 Å². The van der Waals surface area contributed by atoms with E-state index in [2.05, 4.69) is 5.32 Å². The number of alkyl halides is 3. The molecule has 0 aliphatic carbocycles. The first-order valence-corrected chi connectivity index (χ1v) is 8.58. The molecular weight excluding hydrogens is 303 g/mol. The molecule has 1 N–H and O–H groups in total. The highest BCUT2D eigenvalue weighted by atomic mass is 32.2. The number of ketones is 1. The first-order valence-electron chi connectivity index (χ1n) is 7.42. The smallest absolute Gasteiger partial charge is 0.374 e. The van der Waals surface area contributed by atoms with Gasteiger partial charge in [-0.05, 0) is 38.0 Å². The summed E-state index contributed by atoms with van der Waals surface area (Å²) < 4.78 is 46.3. The molecule has 3 atom stereocenters. The van der Waals surface area contributed by atoms with Crippen LogP contribution in [0.15, 0.2) is 0 Å². The Balaban J connectivity index is 1.80. The lowest BCUT2D eigenvalue weighted by atomic mass is 9.71. The highest BCUT2D eigenvalue weighted by Gasteiger charge is 2.62. The molecule has 3 fully saturated rings. The molecule has 7 heteroatoms. The van der Waals surface area contributed by atoms with Crippen LogP contribution in [0.5, 0.6) is 0 Å². The van der Waals surface area contributed by atoms with E-state index >= 15 is 0 Å². The lowest BCUT2D eigenvalue weighted by Crippen LogP contribution is -2.52. The summed E-state index contributed by atoms with van der Waals surface area (Å²) >= 11 is 1.76. The number of hydrogen-bond acceptors (Lipinski definition) is 4. The van der Waals surface area contributed by atoms with Gasteiger partial charge in [-0.15, -0.1) is 0 Å². The van der Waals surface area contributed by atoms with Crippen molar-refractivity contribution in [2.24, 2.45) is 11.3 Å². The minimum atomic E-state index is -4.47. The number of Topliss-reactive ketones (excluding diaryl/α,β-unsaturated/α-hetero) is 1. The van der Waals surface area contributed by atoms with Gasteiger partial charge < -0.3 is 10.1 Å². The molecule has 0 aromatic heterocycles. The quantitative estimate of drug-likeness (QED) is 0.847.